The number of nitrogens with one attached hydrogen (secondary N) is 2. The Labute approximate surface area is 124 Å². The molecule has 0 fully saturated rings. The Hall–Kier alpha value is -2.14. The number of anilines is 1. The molecule has 1 amide bonds. The first kappa shape index (κ1) is 13.8. The molecule has 21 heavy (non-hydrogen) atoms. The van der Waals surface area contributed by atoms with Crippen molar-refractivity contribution in [1.29, 1.82) is 0 Å². The number of hydrogen-bond acceptors (Lipinski definition) is 3. The fourth-order valence-corrected chi connectivity index (χ4v) is 2.81. The maximum atomic E-state index is 12.2. The van der Waals surface area contributed by atoms with Crippen LogP contribution in [0, 0.1) is 13.8 Å². The van der Waals surface area contributed by atoms with Gasteiger partial charge in [-0.1, -0.05) is 12.1 Å². The number of aryl methyl sites for hydroxylation is 2. The molecule has 2 aromatic rings. The smallest absolute Gasteiger partial charge is 0.246 e. The average molecular weight is 284 g/mol. The highest BCUT2D eigenvalue weighted by atomic mass is 16.2. The van der Waals surface area contributed by atoms with Gasteiger partial charge < -0.3 is 10.6 Å². The summed E-state index contributed by atoms with van der Waals surface area (Å²) in [5.74, 6) is -0.0341. The summed E-state index contributed by atoms with van der Waals surface area (Å²) in [5.41, 5.74) is 5.38. The predicted octanol–water partition coefficient (Wildman–Crippen LogP) is 1.78. The molecule has 110 valence electrons. The first-order valence-corrected chi connectivity index (χ1v) is 7.26. The lowest BCUT2D eigenvalue weighted by Crippen LogP contribution is -2.26. The van der Waals surface area contributed by atoms with Crippen LogP contribution in [0.15, 0.2) is 24.3 Å². The summed E-state index contributed by atoms with van der Waals surface area (Å²) >= 11 is 0. The second kappa shape index (κ2) is 5.69. The molecule has 0 spiro atoms. The van der Waals surface area contributed by atoms with E-state index in [2.05, 4.69) is 21.8 Å². The molecule has 0 saturated carbocycles. The van der Waals surface area contributed by atoms with Crippen molar-refractivity contribution in [3.63, 3.8) is 0 Å². The standard InChI is InChI=1S/C16H20N4O/c1-11-8-12(2)20(19-11)10-16(21)18-15-5-3-4-13-9-17-7-6-14(13)15/h3-5,8,17H,6-7,9-10H2,1-2H3,(H,18,21). The van der Waals surface area contributed by atoms with Gasteiger partial charge in [0.1, 0.15) is 6.54 Å². The van der Waals surface area contributed by atoms with Crippen molar-refractivity contribution in [2.75, 3.05) is 11.9 Å². The Balaban J connectivity index is 1.75. The molecule has 2 N–H and O–H groups in total. The SMILES string of the molecule is Cc1cc(C)n(CC(=O)Nc2cccc3c2CCNC3)n1. The minimum Gasteiger partial charge on any atom is -0.324 e. The highest BCUT2D eigenvalue weighted by Crippen LogP contribution is 2.23. The highest BCUT2D eigenvalue weighted by Gasteiger charge is 2.14. The quantitative estimate of drug-likeness (QED) is 0.903. The van der Waals surface area contributed by atoms with E-state index in [1.54, 1.807) is 4.68 Å². The van der Waals surface area contributed by atoms with Crippen molar-refractivity contribution in [3.05, 3.63) is 46.8 Å². The van der Waals surface area contributed by atoms with Gasteiger partial charge in [-0.2, -0.15) is 5.10 Å². The van der Waals surface area contributed by atoms with Crippen molar-refractivity contribution in [3.8, 4) is 0 Å². The Morgan fingerprint density at radius 3 is 3.05 bits per heavy atom. The summed E-state index contributed by atoms with van der Waals surface area (Å²) in [6.07, 6.45) is 0.950. The molecule has 1 aliphatic heterocycles. The van der Waals surface area contributed by atoms with Gasteiger partial charge in [0.05, 0.1) is 5.69 Å². The molecule has 1 aromatic heterocycles. The molecule has 0 unspecified atom stereocenters. The minimum absolute atomic E-state index is 0.0341. The van der Waals surface area contributed by atoms with E-state index >= 15 is 0 Å². The lowest BCUT2D eigenvalue weighted by molar-refractivity contribution is -0.116. The molecule has 0 atom stereocenters. The molecule has 5 nitrogen and oxygen atoms in total. The van der Waals surface area contributed by atoms with Crippen LogP contribution in [0.1, 0.15) is 22.5 Å². The van der Waals surface area contributed by atoms with E-state index in [4.69, 9.17) is 0 Å². The van der Waals surface area contributed by atoms with Crippen LogP contribution in [-0.2, 0) is 24.3 Å². The molecule has 2 heterocycles. The van der Waals surface area contributed by atoms with Gasteiger partial charge in [-0.05, 0) is 50.1 Å². The van der Waals surface area contributed by atoms with Crippen LogP contribution in [0.4, 0.5) is 5.69 Å². The third kappa shape index (κ3) is 2.97. The highest BCUT2D eigenvalue weighted by molar-refractivity contribution is 5.91. The summed E-state index contributed by atoms with van der Waals surface area (Å²) in [5, 5.41) is 10.7. The van der Waals surface area contributed by atoms with Crippen LogP contribution in [0.3, 0.4) is 0 Å². The number of carbonyl (C=O) groups is 1. The third-order valence-corrected chi connectivity index (χ3v) is 3.81. The van der Waals surface area contributed by atoms with Gasteiger partial charge in [-0.15, -0.1) is 0 Å². The number of fused-ring (bicyclic) bond motifs is 1. The maximum Gasteiger partial charge on any atom is 0.246 e. The van der Waals surface area contributed by atoms with Crippen LogP contribution < -0.4 is 10.6 Å². The number of aromatic nitrogens is 2. The largest absolute Gasteiger partial charge is 0.324 e. The molecule has 0 bridgehead atoms. The van der Waals surface area contributed by atoms with Gasteiger partial charge in [-0.3, -0.25) is 9.48 Å². The van der Waals surface area contributed by atoms with E-state index in [-0.39, 0.29) is 12.5 Å². The van der Waals surface area contributed by atoms with Gasteiger partial charge in [0, 0.05) is 17.9 Å². The number of rotatable bonds is 3. The molecular formula is C16H20N4O. The van der Waals surface area contributed by atoms with E-state index in [9.17, 15) is 4.79 Å². The van der Waals surface area contributed by atoms with Crippen LogP contribution in [0.25, 0.3) is 0 Å². The second-order valence-electron chi connectivity index (χ2n) is 5.50. The summed E-state index contributed by atoms with van der Waals surface area (Å²) in [4.78, 5) is 12.2. The number of nitrogens with zero attached hydrogens (tertiary/aromatic N) is 2. The molecule has 5 heteroatoms. The molecule has 1 aliphatic rings. The van der Waals surface area contributed by atoms with Crippen molar-refractivity contribution in [1.82, 2.24) is 15.1 Å². The van der Waals surface area contributed by atoms with Crippen LogP contribution >= 0.6 is 0 Å². The van der Waals surface area contributed by atoms with E-state index in [1.807, 2.05) is 32.0 Å². The zero-order valence-corrected chi connectivity index (χ0v) is 12.4. The molecule has 0 saturated heterocycles. The summed E-state index contributed by atoms with van der Waals surface area (Å²) in [7, 11) is 0. The van der Waals surface area contributed by atoms with Gasteiger partial charge >= 0.3 is 0 Å². The van der Waals surface area contributed by atoms with Crippen molar-refractivity contribution in [2.24, 2.45) is 0 Å². The van der Waals surface area contributed by atoms with E-state index in [0.29, 0.717) is 0 Å². The number of benzene rings is 1. The molecule has 0 radical (unpaired) electrons. The van der Waals surface area contributed by atoms with E-state index in [1.165, 1.54) is 11.1 Å². The van der Waals surface area contributed by atoms with E-state index < -0.39 is 0 Å². The van der Waals surface area contributed by atoms with E-state index in [0.717, 1.165) is 36.6 Å². The molecule has 1 aromatic carbocycles. The van der Waals surface area contributed by atoms with Crippen molar-refractivity contribution in [2.45, 2.75) is 33.4 Å². The van der Waals surface area contributed by atoms with Crippen LogP contribution in [0.5, 0.6) is 0 Å². The van der Waals surface area contributed by atoms with Crippen LogP contribution in [-0.4, -0.2) is 22.2 Å². The fourth-order valence-electron chi connectivity index (χ4n) is 2.81. The van der Waals surface area contributed by atoms with Crippen molar-refractivity contribution < 1.29 is 4.79 Å². The monoisotopic (exact) mass is 284 g/mol. The third-order valence-electron chi connectivity index (χ3n) is 3.81. The van der Waals surface area contributed by atoms with Crippen LogP contribution in [0.2, 0.25) is 0 Å². The first-order valence-electron chi connectivity index (χ1n) is 7.26. The molecular weight excluding hydrogens is 264 g/mol. The zero-order valence-electron chi connectivity index (χ0n) is 12.4. The molecule has 0 aliphatic carbocycles. The summed E-state index contributed by atoms with van der Waals surface area (Å²) in [6.45, 7) is 5.97. The average Bonchev–Trinajstić information content (AvgIpc) is 2.77. The number of carbonyl (C=O) groups excluding carboxylic acids is 1. The topological polar surface area (TPSA) is 59.0 Å². The Morgan fingerprint density at radius 1 is 1.43 bits per heavy atom. The van der Waals surface area contributed by atoms with Gasteiger partial charge in [0.15, 0.2) is 0 Å². The molecule has 3 rings (SSSR count). The number of amides is 1. The summed E-state index contributed by atoms with van der Waals surface area (Å²) < 4.78 is 1.74. The normalized spacial score (nSPS) is 13.8. The lowest BCUT2D eigenvalue weighted by atomic mass is 9.99. The van der Waals surface area contributed by atoms with Crippen molar-refractivity contribution >= 4 is 11.6 Å². The van der Waals surface area contributed by atoms with Gasteiger partial charge in [0.25, 0.3) is 0 Å². The zero-order chi connectivity index (χ0) is 14.8. The predicted molar refractivity (Wildman–Crippen MR) is 82.2 cm³/mol. The maximum absolute atomic E-state index is 12.2. The van der Waals surface area contributed by atoms with Gasteiger partial charge in [-0.25, -0.2) is 0 Å². The Kier molecular flexibility index (Phi) is 3.75. The minimum atomic E-state index is -0.0341. The van der Waals surface area contributed by atoms with Gasteiger partial charge in [0.2, 0.25) is 5.91 Å². The Bertz CT molecular complexity index is 675. The first-order chi connectivity index (χ1) is 10.1. The lowest BCUT2D eigenvalue weighted by Gasteiger charge is -2.20. The Morgan fingerprint density at radius 2 is 2.29 bits per heavy atom. The number of hydrogen-bond donors (Lipinski definition) is 2. The summed E-state index contributed by atoms with van der Waals surface area (Å²) in [6, 6.07) is 8.05. The second-order valence-corrected chi connectivity index (χ2v) is 5.50. The fraction of sp³-hybridized carbons (Fsp3) is 0.375.